The smallest absolute Gasteiger partial charge is 0.334 e. The van der Waals surface area contributed by atoms with E-state index in [2.05, 4.69) is 29.6 Å². The van der Waals surface area contributed by atoms with Crippen LogP contribution in [0.4, 0.5) is 0 Å². The summed E-state index contributed by atoms with van der Waals surface area (Å²) in [5.74, 6) is -0.306. The number of nitrogens with zero attached hydrogens (tertiary/aromatic N) is 3. The highest BCUT2D eigenvalue weighted by Crippen LogP contribution is 2.49. The molecule has 6 heteroatoms. The lowest BCUT2D eigenvalue weighted by atomic mass is 9.84. The lowest BCUT2D eigenvalue weighted by Crippen LogP contribution is -2.29. The first-order valence-electron chi connectivity index (χ1n) is 7.31. The molecule has 3 aliphatic rings. The van der Waals surface area contributed by atoms with Crippen LogP contribution in [0.5, 0.6) is 0 Å². The Morgan fingerprint density at radius 1 is 1.62 bits per heavy atom. The van der Waals surface area contributed by atoms with E-state index in [1.165, 1.54) is 0 Å². The van der Waals surface area contributed by atoms with E-state index in [0.29, 0.717) is 12.1 Å². The van der Waals surface area contributed by atoms with E-state index >= 15 is 0 Å². The molecule has 0 aromatic rings. The molecular weight excluding hydrogens is 270 g/mol. The largest absolute Gasteiger partial charge is 0.455 e. The molecule has 0 saturated carbocycles. The van der Waals surface area contributed by atoms with Crippen molar-refractivity contribution in [3.8, 4) is 0 Å². The SMILES string of the molecule is C=C1C(=O)O[C@H]2[C@H]1CC/C(CN=[N+]=[N-])=C\CC[C@@]1(C)O[C@@H]21. The minimum atomic E-state index is -0.303. The van der Waals surface area contributed by atoms with Crippen molar-refractivity contribution in [3.63, 3.8) is 0 Å². The molecule has 0 unspecified atom stereocenters. The van der Waals surface area contributed by atoms with Crippen LogP contribution < -0.4 is 0 Å². The number of allylic oxidation sites excluding steroid dienone is 1. The molecule has 0 radical (unpaired) electrons. The van der Waals surface area contributed by atoms with Gasteiger partial charge in [-0.15, -0.1) is 0 Å². The van der Waals surface area contributed by atoms with E-state index in [1.807, 2.05) is 0 Å². The lowest BCUT2D eigenvalue weighted by molar-refractivity contribution is -0.140. The quantitative estimate of drug-likeness (QED) is 0.149. The van der Waals surface area contributed by atoms with Crippen LogP contribution >= 0.6 is 0 Å². The standard InChI is InChI=1S/C15H19N3O3/c1-9-11-6-5-10(8-17-18-16)4-3-7-15(2)13(21-15)12(11)20-14(9)19/h4,11-13H,1,3,5-8H2,2H3/b10-4+/t11-,12-,13-,15+/m0/s1. The highest BCUT2D eigenvalue weighted by atomic mass is 16.6. The monoisotopic (exact) mass is 289 g/mol. The molecule has 112 valence electrons. The molecule has 2 saturated heterocycles. The van der Waals surface area contributed by atoms with Gasteiger partial charge in [0.25, 0.3) is 0 Å². The van der Waals surface area contributed by atoms with Gasteiger partial charge in [0, 0.05) is 22.9 Å². The van der Waals surface area contributed by atoms with Gasteiger partial charge in [0.05, 0.1) is 5.60 Å². The van der Waals surface area contributed by atoms with Gasteiger partial charge in [-0.1, -0.05) is 23.3 Å². The predicted molar refractivity (Wildman–Crippen MR) is 76.4 cm³/mol. The molecule has 2 heterocycles. The number of carbonyl (C=O) groups is 1. The van der Waals surface area contributed by atoms with E-state index < -0.39 is 0 Å². The van der Waals surface area contributed by atoms with Crippen molar-refractivity contribution >= 4 is 5.97 Å². The Balaban J connectivity index is 1.82. The van der Waals surface area contributed by atoms with Crippen molar-refractivity contribution in [1.82, 2.24) is 0 Å². The molecule has 0 aromatic carbocycles. The average Bonchev–Trinajstić information content (AvgIpc) is 3.05. The zero-order valence-electron chi connectivity index (χ0n) is 12.1. The number of hydrogen-bond acceptors (Lipinski definition) is 4. The molecule has 2 aliphatic heterocycles. The second kappa shape index (κ2) is 5.20. The van der Waals surface area contributed by atoms with Crippen LogP contribution in [0.25, 0.3) is 10.4 Å². The molecular formula is C15H19N3O3. The van der Waals surface area contributed by atoms with Crippen molar-refractivity contribution < 1.29 is 14.3 Å². The van der Waals surface area contributed by atoms with Crippen molar-refractivity contribution in [2.45, 2.75) is 50.4 Å². The lowest BCUT2D eigenvalue weighted by Gasteiger charge is -2.19. The van der Waals surface area contributed by atoms with Gasteiger partial charge >= 0.3 is 5.97 Å². The fourth-order valence-electron chi connectivity index (χ4n) is 3.39. The summed E-state index contributed by atoms with van der Waals surface area (Å²) in [5.41, 5.74) is 9.91. The summed E-state index contributed by atoms with van der Waals surface area (Å²) in [4.78, 5) is 14.6. The van der Waals surface area contributed by atoms with Gasteiger partial charge in [-0.25, -0.2) is 4.79 Å². The minimum absolute atomic E-state index is 0.00288. The Labute approximate surface area is 123 Å². The van der Waals surface area contributed by atoms with E-state index in [-0.39, 0.29) is 29.7 Å². The number of epoxide rings is 1. The molecule has 4 atom stereocenters. The molecule has 0 amide bonds. The first-order valence-corrected chi connectivity index (χ1v) is 7.31. The maximum Gasteiger partial charge on any atom is 0.334 e. The van der Waals surface area contributed by atoms with Gasteiger partial charge in [0.1, 0.15) is 12.2 Å². The summed E-state index contributed by atoms with van der Waals surface area (Å²) in [6.07, 6.45) is 5.24. The minimum Gasteiger partial charge on any atom is -0.455 e. The number of ether oxygens (including phenoxy) is 2. The van der Waals surface area contributed by atoms with Crippen LogP contribution in [0.1, 0.15) is 32.6 Å². The first kappa shape index (κ1) is 14.2. The molecule has 1 aliphatic carbocycles. The number of azide groups is 1. The normalized spacial score (nSPS) is 41.0. The van der Waals surface area contributed by atoms with Gasteiger partial charge in [0.2, 0.25) is 0 Å². The summed E-state index contributed by atoms with van der Waals surface area (Å²) in [6.45, 7) is 6.32. The Hall–Kier alpha value is -1.78. The summed E-state index contributed by atoms with van der Waals surface area (Å²) in [6, 6.07) is 0. The van der Waals surface area contributed by atoms with Gasteiger partial charge in [-0.3, -0.25) is 0 Å². The number of rotatable bonds is 2. The number of esters is 1. The van der Waals surface area contributed by atoms with Gasteiger partial charge in [-0.05, 0) is 38.1 Å². The topological polar surface area (TPSA) is 87.6 Å². The molecule has 0 N–H and O–H groups in total. The zero-order valence-corrected chi connectivity index (χ0v) is 12.1. The molecule has 3 rings (SSSR count). The maximum atomic E-state index is 11.8. The van der Waals surface area contributed by atoms with E-state index in [4.69, 9.17) is 15.0 Å². The van der Waals surface area contributed by atoms with Gasteiger partial charge in [0.15, 0.2) is 0 Å². The number of carbonyl (C=O) groups excluding carboxylic acids is 1. The molecule has 21 heavy (non-hydrogen) atoms. The first-order chi connectivity index (χ1) is 10.0. The van der Waals surface area contributed by atoms with Crippen LogP contribution in [0, 0.1) is 5.92 Å². The van der Waals surface area contributed by atoms with Crippen LogP contribution in [0.2, 0.25) is 0 Å². The van der Waals surface area contributed by atoms with E-state index in [0.717, 1.165) is 31.3 Å². The summed E-state index contributed by atoms with van der Waals surface area (Å²) >= 11 is 0. The fourth-order valence-corrected chi connectivity index (χ4v) is 3.39. The Morgan fingerprint density at radius 2 is 2.43 bits per heavy atom. The molecule has 2 fully saturated rings. The summed E-state index contributed by atoms with van der Waals surface area (Å²) < 4.78 is 11.3. The Bertz CT molecular complexity index is 565. The highest BCUT2D eigenvalue weighted by molar-refractivity contribution is 5.91. The molecule has 0 aromatic heterocycles. The molecule has 0 bridgehead atoms. The third-order valence-corrected chi connectivity index (χ3v) is 4.78. The number of fused-ring (bicyclic) bond motifs is 3. The van der Waals surface area contributed by atoms with Crippen molar-refractivity contribution in [3.05, 3.63) is 34.2 Å². The Morgan fingerprint density at radius 3 is 3.19 bits per heavy atom. The van der Waals surface area contributed by atoms with E-state index in [9.17, 15) is 4.79 Å². The highest BCUT2D eigenvalue weighted by Gasteiger charge is 2.61. The third kappa shape index (κ3) is 2.57. The van der Waals surface area contributed by atoms with Crippen molar-refractivity contribution in [1.29, 1.82) is 0 Å². The predicted octanol–water partition coefficient (Wildman–Crippen LogP) is 3.05. The van der Waals surface area contributed by atoms with Gasteiger partial charge < -0.3 is 9.47 Å². The van der Waals surface area contributed by atoms with Crippen LogP contribution in [-0.2, 0) is 14.3 Å². The fraction of sp³-hybridized carbons (Fsp3) is 0.667. The zero-order chi connectivity index (χ0) is 15.0. The van der Waals surface area contributed by atoms with E-state index in [1.54, 1.807) is 0 Å². The second-order valence-corrected chi connectivity index (χ2v) is 6.18. The Kier molecular flexibility index (Phi) is 3.51. The average molecular weight is 289 g/mol. The molecule has 0 spiro atoms. The second-order valence-electron chi connectivity index (χ2n) is 6.18. The van der Waals surface area contributed by atoms with Gasteiger partial charge in [-0.2, -0.15) is 0 Å². The van der Waals surface area contributed by atoms with Crippen LogP contribution in [0.15, 0.2) is 28.9 Å². The van der Waals surface area contributed by atoms with Crippen LogP contribution in [-0.4, -0.2) is 30.3 Å². The molecule has 6 nitrogen and oxygen atoms in total. The summed E-state index contributed by atoms with van der Waals surface area (Å²) in [7, 11) is 0. The van der Waals surface area contributed by atoms with Crippen molar-refractivity contribution in [2.24, 2.45) is 11.0 Å². The number of hydrogen-bond donors (Lipinski definition) is 0. The maximum absolute atomic E-state index is 11.8. The summed E-state index contributed by atoms with van der Waals surface area (Å²) in [5, 5.41) is 3.65. The van der Waals surface area contributed by atoms with Crippen LogP contribution in [0.3, 0.4) is 0 Å². The third-order valence-electron chi connectivity index (χ3n) is 4.78. The van der Waals surface area contributed by atoms with Crippen molar-refractivity contribution in [2.75, 3.05) is 6.54 Å².